The quantitative estimate of drug-likeness (QED) is 0.872. The SMILES string of the molecule is CCCC(C)NC(=O)c1cc(S(N)(=O)=O)cc(Cl)c1C. The van der Waals surface area contributed by atoms with Crippen molar-refractivity contribution in [3.8, 4) is 0 Å². The molecule has 0 bridgehead atoms. The van der Waals surface area contributed by atoms with Crippen LogP contribution in [0.4, 0.5) is 0 Å². The molecule has 5 nitrogen and oxygen atoms in total. The molecular formula is C13H19ClN2O3S. The molecule has 0 spiro atoms. The van der Waals surface area contributed by atoms with Gasteiger partial charge in [0, 0.05) is 16.6 Å². The van der Waals surface area contributed by atoms with Crippen molar-refractivity contribution in [3.05, 3.63) is 28.3 Å². The van der Waals surface area contributed by atoms with Crippen molar-refractivity contribution in [2.45, 2.75) is 44.6 Å². The van der Waals surface area contributed by atoms with E-state index in [2.05, 4.69) is 5.32 Å². The molecule has 0 aliphatic carbocycles. The van der Waals surface area contributed by atoms with E-state index in [1.54, 1.807) is 6.92 Å². The fraction of sp³-hybridized carbons (Fsp3) is 0.462. The number of halogens is 1. The summed E-state index contributed by atoms with van der Waals surface area (Å²) < 4.78 is 22.8. The summed E-state index contributed by atoms with van der Waals surface area (Å²) in [6.45, 7) is 5.57. The number of sulfonamides is 1. The van der Waals surface area contributed by atoms with Crippen molar-refractivity contribution in [2.75, 3.05) is 0 Å². The van der Waals surface area contributed by atoms with Crippen molar-refractivity contribution < 1.29 is 13.2 Å². The molecule has 20 heavy (non-hydrogen) atoms. The van der Waals surface area contributed by atoms with Crippen LogP contribution in [0.3, 0.4) is 0 Å². The standard InChI is InChI=1S/C13H19ClN2O3S/c1-4-5-8(2)16-13(17)11-6-10(20(15,18)19)7-12(14)9(11)3/h6-8H,4-5H2,1-3H3,(H,16,17)(H2,15,18,19). The summed E-state index contributed by atoms with van der Waals surface area (Å²) >= 11 is 5.97. The molecule has 1 amide bonds. The summed E-state index contributed by atoms with van der Waals surface area (Å²) in [5, 5.41) is 8.09. The number of benzene rings is 1. The summed E-state index contributed by atoms with van der Waals surface area (Å²) in [7, 11) is -3.90. The van der Waals surface area contributed by atoms with Gasteiger partial charge in [0.05, 0.1) is 4.90 Å². The van der Waals surface area contributed by atoms with Gasteiger partial charge in [-0.25, -0.2) is 13.6 Å². The van der Waals surface area contributed by atoms with Crippen LogP contribution in [-0.4, -0.2) is 20.4 Å². The molecule has 0 saturated heterocycles. The second kappa shape index (κ2) is 6.56. The molecule has 0 aliphatic heterocycles. The number of carbonyl (C=O) groups is 1. The zero-order valence-corrected chi connectivity index (χ0v) is 13.3. The summed E-state index contributed by atoms with van der Waals surface area (Å²) in [5.74, 6) is -0.351. The summed E-state index contributed by atoms with van der Waals surface area (Å²) in [6, 6.07) is 2.51. The van der Waals surface area contributed by atoms with Gasteiger partial charge >= 0.3 is 0 Å². The van der Waals surface area contributed by atoms with E-state index in [0.29, 0.717) is 5.56 Å². The lowest BCUT2D eigenvalue weighted by atomic mass is 10.1. The van der Waals surface area contributed by atoms with Crippen LogP contribution in [0.5, 0.6) is 0 Å². The van der Waals surface area contributed by atoms with Crippen molar-refractivity contribution in [1.82, 2.24) is 5.32 Å². The normalized spacial score (nSPS) is 13.1. The number of nitrogens with one attached hydrogen (secondary N) is 1. The Kier molecular flexibility index (Phi) is 5.56. The summed E-state index contributed by atoms with van der Waals surface area (Å²) in [6.07, 6.45) is 1.78. The second-order valence-corrected chi connectivity index (χ2v) is 6.75. The van der Waals surface area contributed by atoms with Gasteiger partial charge in [0.2, 0.25) is 10.0 Å². The Bertz CT molecular complexity index is 614. The predicted molar refractivity (Wildman–Crippen MR) is 79.4 cm³/mol. The Morgan fingerprint density at radius 3 is 2.55 bits per heavy atom. The lowest BCUT2D eigenvalue weighted by Crippen LogP contribution is -2.33. The molecule has 1 rings (SSSR count). The van der Waals surface area contributed by atoms with Gasteiger partial charge in [-0.05, 0) is 38.0 Å². The molecule has 3 N–H and O–H groups in total. The zero-order chi connectivity index (χ0) is 15.5. The average Bonchev–Trinajstić information content (AvgIpc) is 2.31. The zero-order valence-electron chi connectivity index (χ0n) is 11.7. The second-order valence-electron chi connectivity index (χ2n) is 4.79. The summed E-state index contributed by atoms with van der Waals surface area (Å²) in [5.41, 5.74) is 0.754. The lowest BCUT2D eigenvalue weighted by molar-refractivity contribution is 0.0937. The van der Waals surface area contributed by atoms with Gasteiger partial charge in [0.25, 0.3) is 5.91 Å². The number of amides is 1. The Morgan fingerprint density at radius 1 is 1.45 bits per heavy atom. The van der Waals surface area contributed by atoms with E-state index < -0.39 is 10.0 Å². The van der Waals surface area contributed by atoms with Crippen LogP contribution in [0.2, 0.25) is 5.02 Å². The molecule has 1 unspecified atom stereocenters. The van der Waals surface area contributed by atoms with E-state index in [4.69, 9.17) is 16.7 Å². The average molecular weight is 319 g/mol. The van der Waals surface area contributed by atoms with Crippen LogP contribution in [0.15, 0.2) is 17.0 Å². The molecule has 1 aromatic rings. The fourth-order valence-corrected chi connectivity index (χ4v) is 2.71. The summed E-state index contributed by atoms with van der Waals surface area (Å²) in [4.78, 5) is 12.0. The number of primary sulfonamides is 1. The van der Waals surface area contributed by atoms with Gasteiger partial charge in [-0.3, -0.25) is 4.79 Å². The van der Waals surface area contributed by atoms with Gasteiger partial charge in [0.15, 0.2) is 0 Å². The van der Waals surface area contributed by atoms with Gasteiger partial charge < -0.3 is 5.32 Å². The highest BCUT2D eigenvalue weighted by Gasteiger charge is 2.18. The largest absolute Gasteiger partial charge is 0.350 e. The molecular weight excluding hydrogens is 300 g/mol. The maximum Gasteiger partial charge on any atom is 0.251 e. The Hall–Kier alpha value is -1.11. The van der Waals surface area contributed by atoms with E-state index in [9.17, 15) is 13.2 Å². The number of carbonyl (C=O) groups excluding carboxylic acids is 1. The first-order valence-corrected chi connectivity index (χ1v) is 8.23. The molecule has 0 aromatic heterocycles. The van der Waals surface area contributed by atoms with Gasteiger partial charge in [-0.1, -0.05) is 24.9 Å². The van der Waals surface area contributed by atoms with Gasteiger partial charge in [-0.15, -0.1) is 0 Å². The number of hydrogen-bond donors (Lipinski definition) is 2. The molecule has 112 valence electrons. The van der Waals surface area contributed by atoms with Crippen LogP contribution >= 0.6 is 11.6 Å². The smallest absolute Gasteiger partial charge is 0.251 e. The van der Waals surface area contributed by atoms with Crippen molar-refractivity contribution >= 4 is 27.5 Å². The van der Waals surface area contributed by atoms with Crippen LogP contribution in [0.25, 0.3) is 0 Å². The van der Waals surface area contributed by atoms with Crippen molar-refractivity contribution in [1.29, 1.82) is 0 Å². The van der Waals surface area contributed by atoms with Crippen LogP contribution in [0, 0.1) is 6.92 Å². The third-order valence-electron chi connectivity index (χ3n) is 2.99. The van der Waals surface area contributed by atoms with E-state index in [1.165, 1.54) is 12.1 Å². The highest BCUT2D eigenvalue weighted by Crippen LogP contribution is 2.24. The molecule has 0 aliphatic rings. The molecule has 0 radical (unpaired) electrons. The maximum absolute atomic E-state index is 12.2. The highest BCUT2D eigenvalue weighted by molar-refractivity contribution is 7.89. The minimum absolute atomic E-state index is 0.00353. The first-order chi connectivity index (χ1) is 9.16. The first kappa shape index (κ1) is 16.9. The Balaban J connectivity index is 3.17. The number of hydrogen-bond acceptors (Lipinski definition) is 3. The van der Waals surface area contributed by atoms with Crippen molar-refractivity contribution in [2.24, 2.45) is 5.14 Å². The lowest BCUT2D eigenvalue weighted by Gasteiger charge is -2.15. The van der Waals surface area contributed by atoms with E-state index in [-0.39, 0.29) is 27.4 Å². The van der Waals surface area contributed by atoms with E-state index in [1.807, 2.05) is 13.8 Å². The third-order valence-corrected chi connectivity index (χ3v) is 4.28. The topological polar surface area (TPSA) is 89.3 Å². The Morgan fingerprint density at radius 2 is 2.05 bits per heavy atom. The number of rotatable bonds is 5. The highest BCUT2D eigenvalue weighted by atomic mass is 35.5. The van der Waals surface area contributed by atoms with Gasteiger partial charge in [0.1, 0.15) is 0 Å². The fourth-order valence-electron chi connectivity index (χ4n) is 1.86. The van der Waals surface area contributed by atoms with E-state index >= 15 is 0 Å². The number of nitrogens with two attached hydrogens (primary N) is 1. The molecule has 0 saturated carbocycles. The molecule has 1 aromatic carbocycles. The first-order valence-electron chi connectivity index (χ1n) is 6.30. The van der Waals surface area contributed by atoms with Crippen LogP contribution in [-0.2, 0) is 10.0 Å². The third kappa shape index (κ3) is 4.19. The van der Waals surface area contributed by atoms with Crippen LogP contribution < -0.4 is 10.5 Å². The van der Waals surface area contributed by atoms with Crippen molar-refractivity contribution in [3.63, 3.8) is 0 Å². The monoisotopic (exact) mass is 318 g/mol. The molecule has 0 heterocycles. The maximum atomic E-state index is 12.2. The van der Waals surface area contributed by atoms with Crippen LogP contribution in [0.1, 0.15) is 42.6 Å². The Labute approximate surface area is 124 Å². The minimum atomic E-state index is -3.90. The minimum Gasteiger partial charge on any atom is -0.350 e. The molecule has 0 fully saturated rings. The molecule has 1 atom stereocenters. The van der Waals surface area contributed by atoms with E-state index in [0.717, 1.165) is 12.8 Å². The molecule has 7 heteroatoms. The van der Waals surface area contributed by atoms with Gasteiger partial charge in [-0.2, -0.15) is 0 Å². The predicted octanol–water partition coefficient (Wildman–Crippen LogP) is 2.21.